The van der Waals surface area contributed by atoms with Gasteiger partial charge in [-0.2, -0.15) is 18.1 Å². The van der Waals surface area contributed by atoms with Gasteiger partial charge in [-0.15, -0.1) is 0 Å². The number of benzene rings is 1. The number of alkyl halides is 3. The van der Waals surface area contributed by atoms with Crippen LogP contribution < -0.4 is 4.90 Å². The van der Waals surface area contributed by atoms with Crippen molar-refractivity contribution < 1.29 is 32.1 Å². The molecular weight excluding hydrogens is 334 g/mol. The van der Waals surface area contributed by atoms with Crippen LogP contribution in [0.25, 0.3) is 0 Å². The zero-order chi connectivity index (χ0) is 15.6. The van der Waals surface area contributed by atoms with Crippen molar-refractivity contribution >= 4 is 49.4 Å². The Balaban J connectivity index is 0.00000242. The monoisotopic (exact) mass is 347 g/mol. The van der Waals surface area contributed by atoms with Crippen LogP contribution in [-0.2, 0) is 20.7 Å². The van der Waals surface area contributed by atoms with Crippen molar-refractivity contribution in [3.8, 4) is 0 Å². The SMILES string of the molecule is CC(=O)OOC1CCN(c2cc(C(F)(F)F)ccc2F)C1.[Ca]. The zero-order valence-corrected chi connectivity index (χ0v) is 14.0. The summed E-state index contributed by atoms with van der Waals surface area (Å²) in [7, 11) is 0. The van der Waals surface area contributed by atoms with Crippen molar-refractivity contribution in [2.24, 2.45) is 0 Å². The van der Waals surface area contributed by atoms with E-state index in [1.54, 1.807) is 0 Å². The van der Waals surface area contributed by atoms with Crippen molar-refractivity contribution in [3.63, 3.8) is 0 Å². The second-order valence-corrected chi connectivity index (χ2v) is 4.69. The molecule has 0 spiro atoms. The minimum absolute atomic E-state index is 0. The van der Waals surface area contributed by atoms with E-state index in [9.17, 15) is 22.4 Å². The van der Waals surface area contributed by atoms with Gasteiger partial charge in [-0.1, -0.05) is 0 Å². The number of rotatable bonds is 3. The zero-order valence-electron chi connectivity index (χ0n) is 11.8. The summed E-state index contributed by atoms with van der Waals surface area (Å²) in [6.07, 6.45) is -4.61. The number of carbonyl (C=O) groups is 1. The van der Waals surface area contributed by atoms with Gasteiger partial charge in [0, 0.05) is 57.8 Å². The molecule has 1 heterocycles. The molecule has 1 aromatic rings. The molecule has 1 fully saturated rings. The second-order valence-electron chi connectivity index (χ2n) is 4.69. The molecular formula is C13H13CaF4NO3. The van der Waals surface area contributed by atoms with Gasteiger partial charge < -0.3 is 4.90 Å². The van der Waals surface area contributed by atoms with E-state index in [-0.39, 0.29) is 50.0 Å². The molecule has 22 heavy (non-hydrogen) atoms. The van der Waals surface area contributed by atoms with Crippen LogP contribution >= 0.6 is 0 Å². The number of anilines is 1. The van der Waals surface area contributed by atoms with Crippen LogP contribution in [0.2, 0.25) is 0 Å². The van der Waals surface area contributed by atoms with Gasteiger partial charge in [0.1, 0.15) is 11.9 Å². The van der Waals surface area contributed by atoms with Gasteiger partial charge in [0.15, 0.2) is 0 Å². The predicted octanol–water partition coefficient (Wildman–Crippen LogP) is 2.54. The van der Waals surface area contributed by atoms with Gasteiger partial charge in [-0.05, 0) is 24.6 Å². The Kier molecular flexibility index (Phi) is 6.91. The molecule has 1 aliphatic rings. The molecule has 0 amide bonds. The summed E-state index contributed by atoms with van der Waals surface area (Å²) in [5.74, 6) is -1.37. The third-order valence-corrected chi connectivity index (χ3v) is 3.06. The number of carbonyl (C=O) groups excluding carboxylic acids is 1. The maximum Gasteiger partial charge on any atom is 0.416 e. The van der Waals surface area contributed by atoms with Crippen LogP contribution in [0, 0.1) is 5.82 Å². The normalized spacial score (nSPS) is 18.0. The summed E-state index contributed by atoms with van der Waals surface area (Å²) in [4.78, 5) is 21.2. The molecule has 0 bridgehead atoms. The topological polar surface area (TPSA) is 38.8 Å². The maximum atomic E-state index is 13.7. The quantitative estimate of drug-likeness (QED) is 0.365. The number of nitrogens with zero attached hydrogens (tertiary/aromatic N) is 1. The number of hydrogen-bond donors (Lipinski definition) is 0. The summed E-state index contributed by atoms with van der Waals surface area (Å²) in [6, 6.07) is 2.25. The van der Waals surface area contributed by atoms with E-state index in [1.165, 1.54) is 11.8 Å². The summed E-state index contributed by atoms with van der Waals surface area (Å²) in [5.41, 5.74) is -1.05. The summed E-state index contributed by atoms with van der Waals surface area (Å²) in [6.45, 7) is 1.62. The Morgan fingerprint density at radius 3 is 2.64 bits per heavy atom. The third kappa shape index (κ3) is 4.97. The molecule has 0 N–H and O–H groups in total. The van der Waals surface area contributed by atoms with E-state index < -0.39 is 29.6 Å². The largest absolute Gasteiger partial charge is 0.416 e. The van der Waals surface area contributed by atoms with E-state index in [1.807, 2.05) is 0 Å². The molecule has 0 saturated carbocycles. The molecule has 4 nitrogen and oxygen atoms in total. The molecule has 118 valence electrons. The standard InChI is InChI=1S/C13H13F4NO3.Ca/c1-8(19)20-21-10-4-5-18(7-10)12-6-9(13(15,16)17)2-3-11(12)14;/h2-3,6,10H,4-5,7H2,1H3;. The molecule has 1 aromatic carbocycles. The van der Waals surface area contributed by atoms with Crippen LogP contribution in [-0.4, -0.2) is 62.9 Å². The number of hydrogen-bond acceptors (Lipinski definition) is 4. The van der Waals surface area contributed by atoms with Crippen LogP contribution in [0.4, 0.5) is 23.2 Å². The fourth-order valence-electron chi connectivity index (χ4n) is 2.09. The Morgan fingerprint density at radius 2 is 2.05 bits per heavy atom. The smallest absolute Gasteiger partial charge is 0.366 e. The van der Waals surface area contributed by atoms with Gasteiger partial charge in [-0.25, -0.2) is 9.18 Å². The van der Waals surface area contributed by atoms with Gasteiger partial charge in [-0.3, -0.25) is 4.89 Å². The Bertz CT molecular complexity index is 539. The Labute approximate surface area is 154 Å². The molecule has 1 unspecified atom stereocenters. The van der Waals surface area contributed by atoms with Crippen molar-refractivity contribution in [2.75, 3.05) is 18.0 Å². The molecule has 9 heteroatoms. The van der Waals surface area contributed by atoms with Crippen LogP contribution in [0.1, 0.15) is 18.9 Å². The van der Waals surface area contributed by atoms with Crippen molar-refractivity contribution in [1.82, 2.24) is 0 Å². The summed E-state index contributed by atoms with van der Waals surface area (Å²) < 4.78 is 51.7. The van der Waals surface area contributed by atoms with Gasteiger partial charge >= 0.3 is 12.1 Å². The minimum atomic E-state index is -4.53. The van der Waals surface area contributed by atoms with Crippen LogP contribution in [0.5, 0.6) is 0 Å². The molecule has 0 aromatic heterocycles. The van der Waals surface area contributed by atoms with E-state index in [0.29, 0.717) is 19.0 Å². The predicted molar refractivity (Wildman–Crippen MR) is 70.6 cm³/mol. The summed E-state index contributed by atoms with van der Waals surface area (Å²) in [5, 5.41) is 0. The molecule has 1 atom stereocenters. The van der Waals surface area contributed by atoms with E-state index in [2.05, 4.69) is 4.89 Å². The van der Waals surface area contributed by atoms with E-state index in [0.717, 1.165) is 12.1 Å². The van der Waals surface area contributed by atoms with Crippen LogP contribution in [0.3, 0.4) is 0 Å². The van der Waals surface area contributed by atoms with E-state index in [4.69, 9.17) is 4.89 Å². The first-order chi connectivity index (χ1) is 9.77. The molecule has 0 aliphatic carbocycles. The van der Waals surface area contributed by atoms with Gasteiger partial charge in [0.05, 0.1) is 11.3 Å². The Morgan fingerprint density at radius 1 is 1.36 bits per heavy atom. The van der Waals surface area contributed by atoms with E-state index >= 15 is 0 Å². The second kappa shape index (κ2) is 7.81. The maximum absolute atomic E-state index is 13.7. The molecule has 2 rings (SSSR count). The van der Waals surface area contributed by atoms with Crippen molar-refractivity contribution in [3.05, 3.63) is 29.6 Å². The molecule has 1 saturated heterocycles. The van der Waals surface area contributed by atoms with Gasteiger partial charge in [0.25, 0.3) is 0 Å². The Hall–Kier alpha value is -0.570. The third-order valence-electron chi connectivity index (χ3n) is 3.06. The first kappa shape index (κ1) is 19.5. The first-order valence-electron chi connectivity index (χ1n) is 6.23. The number of halogens is 4. The van der Waals surface area contributed by atoms with Gasteiger partial charge in [0.2, 0.25) is 0 Å². The average Bonchev–Trinajstić information content (AvgIpc) is 2.84. The average molecular weight is 347 g/mol. The van der Waals surface area contributed by atoms with Crippen molar-refractivity contribution in [2.45, 2.75) is 25.6 Å². The van der Waals surface area contributed by atoms with Crippen molar-refractivity contribution in [1.29, 1.82) is 0 Å². The minimum Gasteiger partial charge on any atom is -0.366 e. The summed E-state index contributed by atoms with van der Waals surface area (Å²) >= 11 is 0. The molecule has 1 aliphatic heterocycles. The van der Waals surface area contributed by atoms with Crippen LogP contribution in [0.15, 0.2) is 18.2 Å². The first-order valence-corrected chi connectivity index (χ1v) is 6.23. The fourth-order valence-corrected chi connectivity index (χ4v) is 2.09. The molecule has 2 radical (unpaired) electrons. The fraction of sp³-hybridized carbons (Fsp3) is 0.462.